The SMILES string of the molecule is O=C(O)c1cccc(NCCCCn2ccnc2)n1. The molecule has 0 radical (unpaired) electrons. The van der Waals surface area contributed by atoms with Crippen molar-refractivity contribution in [2.24, 2.45) is 0 Å². The zero-order chi connectivity index (χ0) is 13.5. The van der Waals surface area contributed by atoms with Crippen LogP contribution in [0.4, 0.5) is 5.82 Å². The highest BCUT2D eigenvalue weighted by Crippen LogP contribution is 2.05. The largest absolute Gasteiger partial charge is 0.477 e. The van der Waals surface area contributed by atoms with Crippen molar-refractivity contribution in [2.45, 2.75) is 19.4 Å². The van der Waals surface area contributed by atoms with Gasteiger partial charge in [0.05, 0.1) is 6.33 Å². The fourth-order valence-corrected chi connectivity index (χ4v) is 1.71. The molecule has 0 aliphatic heterocycles. The van der Waals surface area contributed by atoms with Crippen molar-refractivity contribution in [1.29, 1.82) is 0 Å². The Morgan fingerprint density at radius 2 is 2.26 bits per heavy atom. The number of carboxylic acid groups (broad SMARTS) is 1. The van der Waals surface area contributed by atoms with Crippen molar-refractivity contribution in [3.63, 3.8) is 0 Å². The molecule has 0 fully saturated rings. The molecule has 100 valence electrons. The summed E-state index contributed by atoms with van der Waals surface area (Å²) in [5.41, 5.74) is 0.0587. The Morgan fingerprint density at radius 1 is 1.37 bits per heavy atom. The average molecular weight is 260 g/mol. The van der Waals surface area contributed by atoms with E-state index in [0.29, 0.717) is 5.82 Å². The number of aryl methyl sites for hydroxylation is 1. The molecule has 0 aliphatic rings. The molecule has 0 saturated carbocycles. The zero-order valence-electron chi connectivity index (χ0n) is 10.5. The lowest BCUT2D eigenvalue weighted by atomic mass is 10.3. The first-order chi connectivity index (χ1) is 9.25. The summed E-state index contributed by atoms with van der Waals surface area (Å²) in [6, 6.07) is 4.93. The maximum absolute atomic E-state index is 10.8. The molecule has 2 rings (SSSR count). The van der Waals surface area contributed by atoms with Crippen LogP contribution in [0.15, 0.2) is 36.9 Å². The number of carboxylic acids is 1. The molecule has 0 spiro atoms. The molecule has 0 aliphatic carbocycles. The number of unbranched alkanes of at least 4 members (excludes halogenated alkanes) is 1. The number of pyridine rings is 1. The quantitative estimate of drug-likeness (QED) is 0.743. The normalized spacial score (nSPS) is 10.3. The Bertz CT molecular complexity index is 525. The molecule has 2 heterocycles. The van der Waals surface area contributed by atoms with Gasteiger partial charge in [-0.25, -0.2) is 14.8 Å². The number of nitrogens with zero attached hydrogens (tertiary/aromatic N) is 3. The first kappa shape index (κ1) is 13.1. The maximum Gasteiger partial charge on any atom is 0.354 e. The number of carbonyl (C=O) groups is 1. The van der Waals surface area contributed by atoms with E-state index in [-0.39, 0.29) is 5.69 Å². The smallest absolute Gasteiger partial charge is 0.354 e. The van der Waals surface area contributed by atoms with Crippen molar-refractivity contribution >= 4 is 11.8 Å². The lowest BCUT2D eigenvalue weighted by Gasteiger charge is -2.06. The Morgan fingerprint density at radius 3 is 3.00 bits per heavy atom. The standard InChI is InChI=1S/C13H16N4O2/c18-13(19)11-4-3-5-12(16-11)15-6-1-2-8-17-9-7-14-10-17/h3-5,7,9-10H,1-2,6,8H2,(H,15,16)(H,18,19). The summed E-state index contributed by atoms with van der Waals surface area (Å²) in [6.45, 7) is 1.70. The second kappa shape index (κ2) is 6.53. The highest BCUT2D eigenvalue weighted by Gasteiger charge is 2.04. The topological polar surface area (TPSA) is 80.0 Å². The van der Waals surface area contributed by atoms with Crippen molar-refractivity contribution in [3.05, 3.63) is 42.6 Å². The molecule has 0 unspecified atom stereocenters. The van der Waals surface area contributed by atoms with Gasteiger partial charge in [-0.05, 0) is 25.0 Å². The fraction of sp³-hybridized carbons (Fsp3) is 0.308. The van der Waals surface area contributed by atoms with Crippen LogP contribution in [0.2, 0.25) is 0 Å². The average Bonchev–Trinajstić information content (AvgIpc) is 2.92. The molecular weight excluding hydrogens is 244 g/mol. The van der Waals surface area contributed by atoms with E-state index < -0.39 is 5.97 Å². The van der Waals surface area contributed by atoms with Crippen molar-refractivity contribution in [3.8, 4) is 0 Å². The monoisotopic (exact) mass is 260 g/mol. The highest BCUT2D eigenvalue weighted by atomic mass is 16.4. The molecule has 0 aromatic carbocycles. The molecule has 19 heavy (non-hydrogen) atoms. The van der Waals surface area contributed by atoms with Gasteiger partial charge in [0.15, 0.2) is 5.69 Å². The number of imidazole rings is 1. The van der Waals surface area contributed by atoms with Crippen LogP contribution in [-0.2, 0) is 6.54 Å². The van der Waals surface area contributed by atoms with Gasteiger partial charge in [0.1, 0.15) is 5.82 Å². The van der Waals surface area contributed by atoms with E-state index in [9.17, 15) is 4.79 Å². The van der Waals surface area contributed by atoms with Crippen LogP contribution in [0.3, 0.4) is 0 Å². The van der Waals surface area contributed by atoms with E-state index in [0.717, 1.165) is 25.9 Å². The summed E-state index contributed by atoms with van der Waals surface area (Å²) < 4.78 is 2.03. The molecule has 2 aromatic rings. The summed E-state index contributed by atoms with van der Waals surface area (Å²) in [5, 5.41) is 11.9. The number of aromatic nitrogens is 3. The summed E-state index contributed by atoms with van der Waals surface area (Å²) in [7, 11) is 0. The van der Waals surface area contributed by atoms with Gasteiger partial charge >= 0.3 is 5.97 Å². The fourth-order valence-electron chi connectivity index (χ4n) is 1.71. The van der Waals surface area contributed by atoms with E-state index in [1.54, 1.807) is 24.7 Å². The predicted octanol–water partition coefficient (Wildman–Crippen LogP) is 1.87. The molecule has 0 atom stereocenters. The van der Waals surface area contributed by atoms with Crippen LogP contribution in [0.5, 0.6) is 0 Å². The van der Waals surface area contributed by atoms with Crippen LogP contribution < -0.4 is 5.32 Å². The van der Waals surface area contributed by atoms with Gasteiger partial charge in [-0.2, -0.15) is 0 Å². The number of nitrogens with one attached hydrogen (secondary N) is 1. The summed E-state index contributed by atoms with van der Waals surface area (Å²) >= 11 is 0. The molecule has 2 aromatic heterocycles. The number of rotatable bonds is 7. The predicted molar refractivity (Wildman–Crippen MR) is 71.1 cm³/mol. The van der Waals surface area contributed by atoms with Gasteiger partial charge < -0.3 is 15.0 Å². The minimum Gasteiger partial charge on any atom is -0.477 e. The second-order valence-corrected chi connectivity index (χ2v) is 4.15. The lowest BCUT2D eigenvalue weighted by molar-refractivity contribution is 0.0690. The van der Waals surface area contributed by atoms with Crippen molar-refractivity contribution in [1.82, 2.24) is 14.5 Å². The summed E-state index contributed by atoms with van der Waals surface area (Å²) in [5.74, 6) is -0.411. The van der Waals surface area contributed by atoms with E-state index in [4.69, 9.17) is 5.11 Å². The highest BCUT2D eigenvalue weighted by molar-refractivity contribution is 5.85. The molecule has 0 saturated heterocycles. The van der Waals surface area contributed by atoms with Gasteiger partial charge in [0, 0.05) is 25.5 Å². The number of hydrogen-bond acceptors (Lipinski definition) is 4. The third kappa shape index (κ3) is 4.09. The van der Waals surface area contributed by atoms with Gasteiger partial charge in [0.25, 0.3) is 0 Å². The number of anilines is 1. The van der Waals surface area contributed by atoms with Crippen LogP contribution in [0, 0.1) is 0 Å². The van der Waals surface area contributed by atoms with Gasteiger partial charge in [-0.15, -0.1) is 0 Å². The van der Waals surface area contributed by atoms with E-state index in [1.165, 1.54) is 6.07 Å². The molecule has 6 heteroatoms. The molecular formula is C13H16N4O2. The summed E-state index contributed by atoms with van der Waals surface area (Å²) in [6.07, 6.45) is 7.51. The first-order valence-corrected chi connectivity index (χ1v) is 6.15. The van der Waals surface area contributed by atoms with Crippen LogP contribution in [0.1, 0.15) is 23.3 Å². The zero-order valence-corrected chi connectivity index (χ0v) is 10.5. The van der Waals surface area contributed by atoms with Gasteiger partial charge in [-0.1, -0.05) is 6.07 Å². The Hall–Kier alpha value is -2.37. The number of aromatic carboxylic acids is 1. The van der Waals surface area contributed by atoms with E-state index >= 15 is 0 Å². The van der Waals surface area contributed by atoms with Gasteiger partial charge in [-0.3, -0.25) is 0 Å². The van der Waals surface area contributed by atoms with Crippen LogP contribution in [0.25, 0.3) is 0 Å². The molecule has 0 bridgehead atoms. The minimum atomic E-state index is -1.01. The van der Waals surface area contributed by atoms with Gasteiger partial charge in [0.2, 0.25) is 0 Å². The third-order valence-electron chi connectivity index (χ3n) is 2.68. The Kier molecular flexibility index (Phi) is 4.49. The molecule has 0 amide bonds. The van der Waals surface area contributed by atoms with E-state index in [1.807, 2.05) is 10.8 Å². The third-order valence-corrected chi connectivity index (χ3v) is 2.68. The molecule has 2 N–H and O–H groups in total. The second-order valence-electron chi connectivity index (χ2n) is 4.15. The van der Waals surface area contributed by atoms with Crippen molar-refractivity contribution < 1.29 is 9.90 Å². The first-order valence-electron chi connectivity index (χ1n) is 6.15. The summed E-state index contributed by atoms with van der Waals surface area (Å²) in [4.78, 5) is 18.7. The lowest BCUT2D eigenvalue weighted by Crippen LogP contribution is -2.07. The van der Waals surface area contributed by atoms with Crippen molar-refractivity contribution in [2.75, 3.05) is 11.9 Å². The van der Waals surface area contributed by atoms with Crippen LogP contribution in [-0.4, -0.2) is 32.2 Å². The molecule has 6 nitrogen and oxygen atoms in total. The Balaban J connectivity index is 1.70. The Labute approximate surface area is 111 Å². The van der Waals surface area contributed by atoms with E-state index in [2.05, 4.69) is 15.3 Å². The van der Waals surface area contributed by atoms with Crippen LogP contribution >= 0.6 is 0 Å². The maximum atomic E-state index is 10.8. The number of hydrogen-bond donors (Lipinski definition) is 2. The minimum absolute atomic E-state index is 0.0587.